The highest BCUT2D eigenvalue weighted by Gasteiger charge is 2.23. The number of aromatic nitrogens is 1. The van der Waals surface area contributed by atoms with Gasteiger partial charge in [0.1, 0.15) is 0 Å². The molecule has 1 unspecified atom stereocenters. The summed E-state index contributed by atoms with van der Waals surface area (Å²) < 4.78 is 0. The van der Waals surface area contributed by atoms with E-state index in [0.29, 0.717) is 11.5 Å². The van der Waals surface area contributed by atoms with Crippen LogP contribution >= 0.6 is 11.6 Å². The highest BCUT2D eigenvalue weighted by atomic mass is 35.5. The van der Waals surface area contributed by atoms with Crippen LogP contribution in [0, 0.1) is 0 Å². The number of carbonyl (C=O) groups is 1. The minimum Gasteiger partial charge on any atom is -0.369 e. The molecule has 0 radical (unpaired) electrons. The van der Waals surface area contributed by atoms with Crippen LogP contribution < -0.4 is 10.6 Å². The lowest BCUT2D eigenvalue weighted by Gasteiger charge is -2.26. The molecular weight excluding hydrogens is 298 g/mol. The predicted molar refractivity (Wildman–Crippen MR) is 88.5 cm³/mol. The van der Waals surface area contributed by atoms with Gasteiger partial charge in [0.25, 0.3) is 5.91 Å². The third-order valence-corrected chi connectivity index (χ3v) is 4.43. The lowest BCUT2D eigenvalue weighted by atomic mass is 9.95. The fraction of sp³-hybridized carbons (Fsp3) is 0.294. The molecule has 22 heavy (non-hydrogen) atoms. The Bertz CT molecular complexity index is 717. The van der Waals surface area contributed by atoms with Crippen molar-refractivity contribution >= 4 is 23.2 Å². The topological polar surface area (TPSA) is 59.2 Å². The summed E-state index contributed by atoms with van der Waals surface area (Å²) in [5.41, 5.74) is 9.40. The van der Waals surface area contributed by atoms with Crippen LogP contribution in [0.15, 0.2) is 36.7 Å². The fourth-order valence-electron chi connectivity index (χ4n) is 3.09. The molecule has 5 heteroatoms. The van der Waals surface area contributed by atoms with Crippen molar-refractivity contribution in [2.24, 2.45) is 5.73 Å². The van der Waals surface area contributed by atoms with E-state index in [1.807, 2.05) is 12.1 Å². The zero-order chi connectivity index (χ0) is 15.7. The lowest BCUT2D eigenvalue weighted by Crippen LogP contribution is -2.30. The number of hydrogen-bond acceptors (Lipinski definition) is 3. The summed E-state index contributed by atoms with van der Waals surface area (Å²) >= 11 is 6.13. The summed E-state index contributed by atoms with van der Waals surface area (Å²) in [6, 6.07) is 7.75. The Balaban J connectivity index is 1.95. The smallest absolute Gasteiger partial charge is 0.250 e. The van der Waals surface area contributed by atoms with Gasteiger partial charge in [0, 0.05) is 24.3 Å². The Morgan fingerprint density at radius 2 is 2.23 bits per heavy atom. The Labute approximate surface area is 134 Å². The summed E-state index contributed by atoms with van der Waals surface area (Å²) in [6.45, 7) is 3.80. The van der Waals surface area contributed by atoms with Crippen LogP contribution in [0.3, 0.4) is 0 Å². The number of nitrogens with zero attached hydrogens (tertiary/aromatic N) is 2. The number of nitrogens with two attached hydrogens (primary N) is 1. The predicted octanol–water partition coefficient (Wildman–Crippen LogP) is 3.00. The van der Waals surface area contributed by atoms with E-state index in [2.05, 4.69) is 22.9 Å². The Kier molecular flexibility index (Phi) is 4.03. The zero-order valence-corrected chi connectivity index (χ0v) is 13.2. The molecule has 3 rings (SSSR count). The number of benzene rings is 1. The number of amides is 1. The van der Waals surface area contributed by atoms with Gasteiger partial charge in [0.15, 0.2) is 0 Å². The molecule has 0 spiro atoms. The second-order valence-corrected chi connectivity index (χ2v) is 6.13. The van der Waals surface area contributed by atoms with Crippen molar-refractivity contribution in [3.8, 4) is 0 Å². The minimum atomic E-state index is -0.421. The van der Waals surface area contributed by atoms with Crippen LogP contribution in [0.2, 0.25) is 5.02 Å². The number of anilines is 1. The molecular formula is C17H18ClN3O. The van der Waals surface area contributed by atoms with Crippen molar-refractivity contribution in [1.82, 2.24) is 4.98 Å². The monoisotopic (exact) mass is 315 g/mol. The molecule has 0 fully saturated rings. The summed E-state index contributed by atoms with van der Waals surface area (Å²) in [7, 11) is 0. The maximum absolute atomic E-state index is 11.6. The normalized spacial score (nSPS) is 17.7. The van der Waals surface area contributed by atoms with E-state index >= 15 is 0 Å². The Hall–Kier alpha value is -2.07. The first-order valence-corrected chi connectivity index (χ1v) is 7.71. The van der Waals surface area contributed by atoms with E-state index in [0.717, 1.165) is 30.2 Å². The summed E-state index contributed by atoms with van der Waals surface area (Å²) in [5.74, 6) is -0.105. The van der Waals surface area contributed by atoms with E-state index in [9.17, 15) is 4.79 Å². The highest BCUT2D eigenvalue weighted by Crippen LogP contribution is 2.31. The maximum atomic E-state index is 11.6. The number of halogens is 1. The Morgan fingerprint density at radius 3 is 3.00 bits per heavy atom. The van der Waals surface area contributed by atoms with E-state index in [4.69, 9.17) is 17.3 Å². The van der Waals surface area contributed by atoms with Crippen molar-refractivity contribution in [1.29, 1.82) is 0 Å². The van der Waals surface area contributed by atoms with E-state index in [-0.39, 0.29) is 0 Å². The second kappa shape index (κ2) is 5.97. The van der Waals surface area contributed by atoms with Gasteiger partial charge < -0.3 is 10.6 Å². The second-order valence-electron chi connectivity index (χ2n) is 5.70. The van der Waals surface area contributed by atoms with Gasteiger partial charge in [-0.3, -0.25) is 9.78 Å². The van der Waals surface area contributed by atoms with Crippen LogP contribution in [0.25, 0.3) is 0 Å². The van der Waals surface area contributed by atoms with Crippen molar-refractivity contribution in [3.05, 3.63) is 58.4 Å². The fourth-order valence-corrected chi connectivity index (χ4v) is 3.27. The standard InChI is InChI=1S/C17H18ClN3O/c1-11-10-21(16-9-20-6-4-14(16)17(19)22)7-5-12-2-3-13(18)8-15(11)12/h2-4,6,8-9,11H,5,7,10H2,1H3,(H2,19,22). The largest absolute Gasteiger partial charge is 0.369 e. The molecule has 0 bridgehead atoms. The molecule has 2 N–H and O–H groups in total. The zero-order valence-electron chi connectivity index (χ0n) is 12.4. The SMILES string of the molecule is CC1CN(c2cnccc2C(N)=O)CCc2ccc(Cl)cc21. The van der Waals surface area contributed by atoms with Gasteiger partial charge >= 0.3 is 0 Å². The first kappa shape index (κ1) is 14.9. The maximum Gasteiger partial charge on any atom is 0.250 e. The minimum absolute atomic E-state index is 0.317. The molecule has 1 amide bonds. The Morgan fingerprint density at radius 1 is 1.41 bits per heavy atom. The third-order valence-electron chi connectivity index (χ3n) is 4.19. The average Bonchev–Trinajstić information content (AvgIpc) is 2.67. The molecule has 1 aromatic heterocycles. The molecule has 0 aliphatic carbocycles. The molecule has 1 aromatic carbocycles. The van der Waals surface area contributed by atoms with Gasteiger partial charge in [0.2, 0.25) is 0 Å². The number of rotatable bonds is 2. The van der Waals surface area contributed by atoms with Gasteiger partial charge in [0.05, 0.1) is 17.4 Å². The highest BCUT2D eigenvalue weighted by molar-refractivity contribution is 6.30. The molecule has 1 atom stereocenters. The van der Waals surface area contributed by atoms with Crippen LogP contribution in [0.1, 0.15) is 34.3 Å². The van der Waals surface area contributed by atoms with Crippen LogP contribution in [0.4, 0.5) is 5.69 Å². The van der Waals surface area contributed by atoms with Crippen molar-refractivity contribution in [3.63, 3.8) is 0 Å². The molecule has 114 valence electrons. The van der Waals surface area contributed by atoms with Gasteiger partial charge in [-0.05, 0) is 41.7 Å². The first-order valence-electron chi connectivity index (χ1n) is 7.33. The molecule has 1 aliphatic heterocycles. The number of fused-ring (bicyclic) bond motifs is 1. The number of pyridine rings is 1. The quantitative estimate of drug-likeness (QED) is 0.926. The van der Waals surface area contributed by atoms with Gasteiger partial charge in [-0.15, -0.1) is 0 Å². The number of primary amides is 1. The molecule has 0 saturated carbocycles. The first-order chi connectivity index (χ1) is 10.6. The molecule has 0 saturated heterocycles. The van der Waals surface area contributed by atoms with E-state index < -0.39 is 5.91 Å². The summed E-state index contributed by atoms with van der Waals surface area (Å²) in [5, 5.41) is 0.762. The van der Waals surface area contributed by atoms with Gasteiger partial charge in [-0.25, -0.2) is 0 Å². The molecule has 2 aromatic rings. The number of hydrogen-bond donors (Lipinski definition) is 1. The third kappa shape index (κ3) is 2.79. The van der Waals surface area contributed by atoms with Crippen LogP contribution in [0.5, 0.6) is 0 Å². The van der Waals surface area contributed by atoms with Crippen molar-refractivity contribution < 1.29 is 4.79 Å². The lowest BCUT2D eigenvalue weighted by molar-refractivity contribution is 0.100. The number of carbonyl (C=O) groups excluding carboxylic acids is 1. The molecule has 1 aliphatic rings. The van der Waals surface area contributed by atoms with Crippen LogP contribution in [-0.4, -0.2) is 24.0 Å². The van der Waals surface area contributed by atoms with Crippen molar-refractivity contribution in [2.45, 2.75) is 19.3 Å². The van der Waals surface area contributed by atoms with Crippen molar-refractivity contribution in [2.75, 3.05) is 18.0 Å². The molecule has 4 nitrogen and oxygen atoms in total. The van der Waals surface area contributed by atoms with E-state index in [1.54, 1.807) is 18.5 Å². The molecule has 2 heterocycles. The van der Waals surface area contributed by atoms with Gasteiger partial charge in [-0.2, -0.15) is 0 Å². The average molecular weight is 316 g/mol. The summed E-state index contributed by atoms with van der Waals surface area (Å²) in [6.07, 6.45) is 4.22. The van der Waals surface area contributed by atoms with Gasteiger partial charge in [-0.1, -0.05) is 24.6 Å². The summed E-state index contributed by atoms with van der Waals surface area (Å²) in [4.78, 5) is 18.0. The van der Waals surface area contributed by atoms with Crippen LogP contribution in [-0.2, 0) is 6.42 Å². The van der Waals surface area contributed by atoms with E-state index in [1.165, 1.54) is 11.1 Å².